The van der Waals surface area contributed by atoms with Crippen molar-refractivity contribution in [1.29, 1.82) is 5.41 Å². The van der Waals surface area contributed by atoms with Gasteiger partial charge in [-0.05, 0) is 91.0 Å². The van der Waals surface area contributed by atoms with Gasteiger partial charge in [-0.2, -0.15) is 0 Å². The summed E-state index contributed by atoms with van der Waals surface area (Å²) in [5.74, 6) is -8.43. The Morgan fingerprint density at radius 3 is 1.60 bits per heavy atom. The predicted octanol–water partition coefficient (Wildman–Crippen LogP) is -0.710. The van der Waals surface area contributed by atoms with Crippen molar-refractivity contribution in [2.24, 2.45) is 17.4 Å². The number of fused-ring (bicyclic) bond motifs is 2. The minimum Gasteiger partial charge on any atom is -0.508 e. The summed E-state index contributed by atoms with van der Waals surface area (Å²) in [6, 6.07) is 15.5. The Bertz CT molecular complexity index is 3780. The predicted molar refractivity (Wildman–Crippen MR) is 352 cm³/mol. The van der Waals surface area contributed by atoms with Gasteiger partial charge in [-0.1, -0.05) is 92.7 Å². The van der Waals surface area contributed by atoms with Gasteiger partial charge in [-0.25, -0.2) is 10.2 Å². The Morgan fingerprint density at radius 2 is 1.07 bits per heavy atom. The fraction of sp³-hybridized carbons (Fsp3) is 0.394. The van der Waals surface area contributed by atoms with Crippen molar-refractivity contribution in [3.05, 3.63) is 138 Å². The molecule has 30 nitrogen and oxygen atoms in total. The molecule has 0 bridgehead atoms. The van der Waals surface area contributed by atoms with E-state index in [1.54, 1.807) is 74.8 Å². The smallest absolute Gasteiger partial charge is 0.330 e. The highest BCUT2D eigenvalue weighted by molar-refractivity contribution is 6.00. The molecule has 6 aromatic rings. The number of carbonyl (C=O) groups excluding carboxylic acids is 11. The van der Waals surface area contributed by atoms with Gasteiger partial charge >= 0.3 is 6.03 Å². The van der Waals surface area contributed by atoms with Crippen LogP contribution in [0.25, 0.3) is 21.8 Å². The summed E-state index contributed by atoms with van der Waals surface area (Å²) in [7, 11) is 0. The number of para-hydroxylation sites is 2. The Kier molecular flexibility index (Phi) is 24.9. The van der Waals surface area contributed by atoms with Gasteiger partial charge in [0.25, 0.3) is 5.91 Å². The Labute approximate surface area is 552 Å². The molecule has 0 saturated carbocycles. The van der Waals surface area contributed by atoms with E-state index >= 15 is 0 Å². The molecule has 4 aromatic carbocycles. The molecule has 4 heterocycles. The maximum Gasteiger partial charge on any atom is 0.330 e. The third-order valence-corrected chi connectivity index (χ3v) is 16.6. The molecule has 30 heteroatoms. The number of phenols is 1. The van der Waals surface area contributed by atoms with Crippen molar-refractivity contribution in [2.75, 3.05) is 19.7 Å². The topological polar surface area (TPSA) is 471 Å². The van der Waals surface area contributed by atoms with E-state index in [0.717, 1.165) is 10.9 Å². The fourth-order valence-corrected chi connectivity index (χ4v) is 11.7. The lowest BCUT2D eigenvalue weighted by Crippen LogP contribution is -2.61. The average Bonchev–Trinajstić information content (AvgIpc) is 1.62. The highest BCUT2D eigenvalue weighted by Gasteiger charge is 2.40. The second-order valence-electron chi connectivity index (χ2n) is 24.2. The number of likely N-dealkylation sites (tertiary alicyclic amines) is 1. The van der Waals surface area contributed by atoms with E-state index in [9.17, 15) is 63.0 Å². The number of primary amides is 1. The fourth-order valence-electron chi connectivity index (χ4n) is 11.7. The summed E-state index contributed by atoms with van der Waals surface area (Å²) < 4.78 is 0. The number of nitrogens with two attached hydrogens (primary N) is 2. The number of hydrazine groups is 1. The van der Waals surface area contributed by atoms with Crippen molar-refractivity contribution < 1.29 is 63.0 Å². The third-order valence-electron chi connectivity index (χ3n) is 16.6. The molecule has 0 spiro atoms. The normalized spacial score (nSPS) is 16.5. The third kappa shape index (κ3) is 19.8. The molecule has 2 aliphatic rings. The van der Waals surface area contributed by atoms with Crippen LogP contribution in [0.2, 0.25) is 0 Å². The van der Waals surface area contributed by atoms with Crippen molar-refractivity contribution in [3.63, 3.8) is 0 Å². The van der Waals surface area contributed by atoms with Crippen LogP contribution in [0.3, 0.4) is 0 Å². The monoisotopic (exact) mass is 1320 g/mol. The maximum atomic E-state index is 15.0. The second-order valence-corrected chi connectivity index (χ2v) is 24.2. The number of aromatic hydroxyl groups is 1. The number of amides is 12. The molecule has 2 saturated heterocycles. The zero-order chi connectivity index (χ0) is 69.0. The molecular formula is C66H83N17O13. The van der Waals surface area contributed by atoms with Gasteiger partial charge in [0.2, 0.25) is 53.2 Å². The molecule has 0 unspecified atom stereocenters. The van der Waals surface area contributed by atoms with Gasteiger partial charge in [0.1, 0.15) is 60.1 Å². The number of rotatable bonds is 31. The van der Waals surface area contributed by atoms with Gasteiger partial charge in [0, 0.05) is 79.4 Å². The standard InChI is InChI=1S/C66H83N17O13/c1-36(2)28-48(57(88)74-47(18-10-26-70-65(67)68)64(95)83-27-11-19-54(83)63(94)81-82-66(69)96)75-58(89)49(29-37-12-4-3-5-13-37)76-59(90)50(30-38-20-22-41(85)23-21-38)77-62(93)53(35-84)80-61(92)52(32-40-34-72-45-17-9-7-15-43(40)45)79-60(91)51(78-56(87)46-24-25-55(86)73-46)31-39-33-71-44-16-8-6-14-42(39)44/h3-9,12-17,20-23,33-34,36,46-54,71-72,84-85H,10-11,18-19,24-32,35H2,1-2H3,(H,73,86)(H,74,88)(H,75,89)(H,76,90)(H,77,93)(H,78,87)(H,79,91)(H,80,92)(H,81,94)(H4,67,68,70)(H3,69,82,96)/t46-,47-,48-,49+,50-,51+,52-,53-,54-/m0/s1. The van der Waals surface area contributed by atoms with E-state index in [0.29, 0.717) is 39.6 Å². The molecule has 2 fully saturated rings. The van der Waals surface area contributed by atoms with Gasteiger partial charge in [-0.15, -0.1) is 0 Å². The van der Waals surface area contributed by atoms with Crippen molar-refractivity contribution in [3.8, 4) is 5.75 Å². The van der Waals surface area contributed by atoms with Crippen LogP contribution < -0.4 is 70.2 Å². The molecule has 0 radical (unpaired) electrons. The maximum absolute atomic E-state index is 15.0. The first-order valence-electron chi connectivity index (χ1n) is 31.7. The van der Waals surface area contributed by atoms with Crippen molar-refractivity contribution in [2.45, 2.75) is 139 Å². The number of aliphatic hydroxyl groups excluding tert-OH is 1. The van der Waals surface area contributed by atoms with Crippen LogP contribution in [-0.4, -0.2) is 170 Å². The number of H-pyrrole nitrogens is 2. The number of aromatic amines is 2. The molecule has 510 valence electrons. The zero-order valence-electron chi connectivity index (χ0n) is 53.1. The molecule has 20 N–H and O–H groups in total. The summed E-state index contributed by atoms with van der Waals surface area (Å²) in [4.78, 5) is 161. The van der Waals surface area contributed by atoms with E-state index in [2.05, 4.69) is 63.2 Å². The van der Waals surface area contributed by atoms with Crippen LogP contribution in [-0.2, 0) is 73.6 Å². The van der Waals surface area contributed by atoms with E-state index in [4.69, 9.17) is 16.9 Å². The zero-order valence-corrected chi connectivity index (χ0v) is 53.1. The second kappa shape index (κ2) is 33.7. The Hall–Kier alpha value is -11.0. The first-order chi connectivity index (χ1) is 46.0. The molecule has 8 rings (SSSR count). The summed E-state index contributed by atoms with van der Waals surface area (Å²) >= 11 is 0. The lowest BCUT2D eigenvalue weighted by atomic mass is 9.99. The highest BCUT2D eigenvalue weighted by atomic mass is 16.3. The minimum atomic E-state index is -1.80. The first-order valence-corrected chi connectivity index (χ1v) is 31.7. The van der Waals surface area contributed by atoms with E-state index in [1.165, 1.54) is 29.2 Å². The molecular weight excluding hydrogens is 1240 g/mol. The van der Waals surface area contributed by atoms with Crippen LogP contribution in [0.15, 0.2) is 116 Å². The van der Waals surface area contributed by atoms with Crippen molar-refractivity contribution >= 4 is 92.9 Å². The summed E-state index contributed by atoms with van der Waals surface area (Å²) in [5.41, 5.74) is 18.5. The van der Waals surface area contributed by atoms with Gasteiger partial charge in [-0.3, -0.25) is 58.8 Å². The number of phenolic OH excluding ortho intramolecular Hbond substituents is 1. The lowest BCUT2D eigenvalue weighted by Gasteiger charge is -2.30. The number of nitrogens with zero attached hydrogens (tertiary/aromatic N) is 1. The Balaban J connectivity index is 1.04. The number of benzene rings is 4. The summed E-state index contributed by atoms with van der Waals surface area (Å²) in [6.07, 6.45) is 3.80. The van der Waals surface area contributed by atoms with E-state index in [-0.39, 0.29) is 101 Å². The lowest BCUT2D eigenvalue weighted by molar-refractivity contribution is -0.142. The van der Waals surface area contributed by atoms with E-state index < -0.39 is 120 Å². The van der Waals surface area contributed by atoms with Crippen LogP contribution in [0.5, 0.6) is 5.75 Å². The SMILES string of the molecule is CC(C)C[C@H](NC(=O)[C@@H](Cc1ccccc1)NC(=O)[C@H](Cc1ccc(O)cc1)NC(=O)[C@H](CO)NC(=O)[C@H](Cc1c[nH]c2ccccc12)NC(=O)[C@@H](Cc1c[nH]c2ccccc12)NC(=O)[C@@H]1CCC(=O)N1)C(=O)N[C@@H](CCCNC(=N)N)C(=O)N1CCC[C@H]1C(=O)NNC(N)=O. The number of nitrogens with one attached hydrogen (secondary N) is 14. The number of guanidine groups is 1. The number of aromatic nitrogens is 2. The molecule has 2 aliphatic heterocycles. The van der Waals surface area contributed by atoms with Gasteiger partial charge in [0.05, 0.1) is 6.61 Å². The molecule has 12 amide bonds. The van der Waals surface area contributed by atoms with Crippen LogP contribution in [0.4, 0.5) is 4.79 Å². The molecule has 0 aliphatic carbocycles. The number of aliphatic hydroxyl groups is 1. The number of hydrogen-bond acceptors (Lipinski definition) is 14. The van der Waals surface area contributed by atoms with Crippen molar-refractivity contribution in [1.82, 2.24) is 73.6 Å². The number of urea groups is 1. The molecule has 9 atom stereocenters. The Morgan fingerprint density at radius 1 is 0.583 bits per heavy atom. The molecule has 96 heavy (non-hydrogen) atoms. The van der Waals surface area contributed by atoms with Gasteiger partial charge in [0.15, 0.2) is 5.96 Å². The minimum absolute atomic E-state index is 0.0140. The number of carbonyl (C=O) groups is 11. The largest absolute Gasteiger partial charge is 0.508 e. The quantitative estimate of drug-likeness (QED) is 0.0111. The summed E-state index contributed by atoms with van der Waals surface area (Å²) in [5, 5.41) is 54.5. The highest BCUT2D eigenvalue weighted by Crippen LogP contribution is 2.24. The van der Waals surface area contributed by atoms with Crippen LogP contribution >= 0.6 is 0 Å². The van der Waals surface area contributed by atoms with Crippen LogP contribution in [0, 0.1) is 11.3 Å². The summed E-state index contributed by atoms with van der Waals surface area (Å²) in [6.45, 7) is 2.81. The average molecular weight is 1320 g/mol. The van der Waals surface area contributed by atoms with Crippen LogP contribution in [0.1, 0.15) is 81.0 Å². The first kappa shape index (κ1) is 70.8. The van der Waals surface area contributed by atoms with Gasteiger partial charge < -0.3 is 84.4 Å². The number of hydrogen-bond donors (Lipinski definition) is 18. The van der Waals surface area contributed by atoms with E-state index in [1.807, 2.05) is 35.8 Å². The molecule has 2 aromatic heterocycles.